The average Bonchev–Trinajstić information content (AvgIpc) is 2.62. The largest absolute Gasteiger partial charge is 0.339 e. The van der Waals surface area contributed by atoms with Gasteiger partial charge in [0.1, 0.15) is 5.82 Å². The molecule has 0 radical (unpaired) electrons. The van der Waals surface area contributed by atoms with Crippen molar-refractivity contribution in [1.29, 1.82) is 0 Å². The summed E-state index contributed by atoms with van der Waals surface area (Å²) in [7, 11) is 0. The van der Waals surface area contributed by atoms with Gasteiger partial charge in [-0.2, -0.15) is 5.10 Å². The minimum atomic E-state index is -0.441. The molecule has 2 aromatic carbocycles. The first-order valence-electron chi connectivity index (χ1n) is 8.02. The third-order valence-electron chi connectivity index (χ3n) is 3.73. The summed E-state index contributed by atoms with van der Waals surface area (Å²) in [5, 5.41) is 16.5. The molecule has 0 saturated heterocycles. The lowest BCUT2D eigenvalue weighted by Gasteiger charge is -2.11. The molecule has 0 bridgehead atoms. The Bertz CT molecular complexity index is 910. The van der Waals surface area contributed by atoms with Crippen molar-refractivity contribution in [2.24, 2.45) is 0 Å². The third-order valence-corrected chi connectivity index (χ3v) is 3.73. The highest BCUT2D eigenvalue weighted by Crippen LogP contribution is 2.19. The van der Waals surface area contributed by atoms with Crippen LogP contribution >= 0.6 is 0 Å². The summed E-state index contributed by atoms with van der Waals surface area (Å²) in [6.07, 6.45) is 0. The second kappa shape index (κ2) is 7.60. The standard InChI is InChI=1S/C19H18FN5O/c1-12-6-11-18(25-24-12)21-14-7-9-15(10-8-14)22-19(26)23-17-5-3-4-16(20)13(17)2/h3-11H,1-2H3,(H,21,25)(H2,22,23,26). The van der Waals surface area contributed by atoms with Crippen LogP contribution in [0.25, 0.3) is 0 Å². The van der Waals surface area contributed by atoms with Crippen LogP contribution in [0.2, 0.25) is 0 Å². The number of carbonyl (C=O) groups is 1. The summed E-state index contributed by atoms with van der Waals surface area (Å²) >= 11 is 0. The molecule has 1 heterocycles. The lowest BCUT2D eigenvalue weighted by atomic mass is 10.2. The molecule has 26 heavy (non-hydrogen) atoms. The van der Waals surface area contributed by atoms with Crippen LogP contribution in [0.4, 0.5) is 32.1 Å². The summed E-state index contributed by atoms with van der Waals surface area (Å²) in [4.78, 5) is 12.1. The van der Waals surface area contributed by atoms with Crippen LogP contribution in [0.3, 0.4) is 0 Å². The molecule has 0 spiro atoms. The predicted octanol–water partition coefficient (Wildman–Crippen LogP) is 4.62. The number of aromatic nitrogens is 2. The van der Waals surface area contributed by atoms with Crippen LogP contribution in [-0.2, 0) is 0 Å². The highest BCUT2D eigenvalue weighted by atomic mass is 19.1. The molecule has 0 aliphatic carbocycles. The highest BCUT2D eigenvalue weighted by molar-refractivity contribution is 6.00. The van der Waals surface area contributed by atoms with E-state index in [-0.39, 0.29) is 5.82 Å². The molecule has 0 aliphatic rings. The number of aryl methyl sites for hydroxylation is 1. The Labute approximate surface area is 150 Å². The molecule has 7 heteroatoms. The number of anilines is 4. The van der Waals surface area contributed by atoms with Crippen molar-refractivity contribution in [1.82, 2.24) is 10.2 Å². The number of nitrogens with zero attached hydrogens (tertiary/aromatic N) is 2. The van der Waals surface area contributed by atoms with Gasteiger partial charge in [-0.1, -0.05) is 6.07 Å². The van der Waals surface area contributed by atoms with Gasteiger partial charge in [-0.05, 0) is 62.4 Å². The summed E-state index contributed by atoms with van der Waals surface area (Å²) in [5.41, 5.74) is 3.09. The van der Waals surface area contributed by atoms with Gasteiger partial charge in [0.15, 0.2) is 5.82 Å². The first kappa shape index (κ1) is 17.3. The Morgan fingerprint density at radius 2 is 1.62 bits per heavy atom. The molecule has 3 N–H and O–H groups in total. The zero-order valence-electron chi connectivity index (χ0n) is 14.4. The number of amides is 2. The molecule has 3 aromatic rings. The third kappa shape index (κ3) is 4.32. The molecule has 1 aromatic heterocycles. The molecular weight excluding hydrogens is 333 g/mol. The number of urea groups is 1. The molecule has 0 atom stereocenters. The van der Waals surface area contributed by atoms with Crippen molar-refractivity contribution in [2.45, 2.75) is 13.8 Å². The van der Waals surface area contributed by atoms with Gasteiger partial charge < -0.3 is 16.0 Å². The fraction of sp³-hybridized carbons (Fsp3) is 0.105. The van der Waals surface area contributed by atoms with E-state index in [2.05, 4.69) is 26.1 Å². The topological polar surface area (TPSA) is 78.9 Å². The van der Waals surface area contributed by atoms with Crippen LogP contribution in [-0.4, -0.2) is 16.2 Å². The summed E-state index contributed by atoms with van der Waals surface area (Å²) in [6.45, 7) is 3.48. The predicted molar refractivity (Wildman–Crippen MR) is 100 cm³/mol. The zero-order chi connectivity index (χ0) is 18.5. The van der Waals surface area contributed by atoms with Crippen LogP contribution < -0.4 is 16.0 Å². The van der Waals surface area contributed by atoms with E-state index in [0.29, 0.717) is 22.8 Å². The highest BCUT2D eigenvalue weighted by Gasteiger charge is 2.07. The minimum Gasteiger partial charge on any atom is -0.339 e. The van der Waals surface area contributed by atoms with E-state index in [4.69, 9.17) is 0 Å². The van der Waals surface area contributed by atoms with Gasteiger partial charge in [-0.3, -0.25) is 0 Å². The number of carbonyl (C=O) groups excluding carboxylic acids is 1. The Kier molecular flexibility index (Phi) is 5.07. The van der Waals surface area contributed by atoms with Gasteiger partial charge in [-0.15, -0.1) is 5.10 Å². The first-order chi connectivity index (χ1) is 12.5. The second-order valence-electron chi connectivity index (χ2n) is 5.75. The van der Waals surface area contributed by atoms with Gasteiger partial charge in [0.05, 0.1) is 5.69 Å². The Morgan fingerprint density at radius 3 is 2.31 bits per heavy atom. The monoisotopic (exact) mass is 351 g/mol. The number of hydrogen-bond donors (Lipinski definition) is 3. The van der Waals surface area contributed by atoms with Crippen LogP contribution in [0.1, 0.15) is 11.3 Å². The van der Waals surface area contributed by atoms with Crippen molar-refractivity contribution in [2.75, 3.05) is 16.0 Å². The lowest BCUT2D eigenvalue weighted by molar-refractivity contribution is 0.262. The fourth-order valence-electron chi connectivity index (χ4n) is 2.28. The molecule has 6 nitrogen and oxygen atoms in total. The quantitative estimate of drug-likeness (QED) is 0.641. The van der Waals surface area contributed by atoms with Gasteiger partial charge >= 0.3 is 6.03 Å². The Balaban J connectivity index is 1.60. The molecule has 0 unspecified atom stereocenters. The number of benzene rings is 2. The smallest absolute Gasteiger partial charge is 0.323 e. The number of nitrogens with one attached hydrogen (secondary N) is 3. The molecule has 0 fully saturated rings. The van der Waals surface area contributed by atoms with Crippen molar-refractivity contribution in [3.05, 3.63) is 71.7 Å². The van der Waals surface area contributed by atoms with E-state index >= 15 is 0 Å². The van der Waals surface area contributed by atoms with E-state index in [1.54, 1.807) is 31.2 Å². The lowest BCUT2D eigenvalue weighted by Crippen LogP contribution is -2.20. The van der Waals surface area contributed by atoms with Gasteiger partial charge in [-0.25, -0.2) is 9.18 Å². The van der Waals surface area contributed by atoms with Gasteiger partial charge in [0.25, 0.3) is 0 Å². The molecule has 2 amide bonds. The van der Waals surface area contributed by atoms with E-state index in [1.165, 1.54) is 6.07 Å². The normalized spacial score (nSPS) is 10.3. The summed E-state index contributed by atoms with van der Waals surface area (Å²) in [6, 6.07) is 14.9. The zero-order valence-corrected chi connectivity index (χ0v) is 14.4. The summed E-state index contributed by atoms with van der Waals surface area (Å²) < 4.78 is 13.5. The van der Waals surface area contributed by atoms with E-state index in [9.17, 15) is 9.18 Å². The van der Waals surface area contributed by atoms with Gasteiger partial charge in [0.2, 0.25) is 0 Å². The van der Waals surface area contributed by atoms with Crippen LogP contribution in [0, 0.1) is 19.7 Å². The second-order valence-corrected chi connectivity index (χ2v) is 5.75. The van der Waals surface area contributed by atoms with Crippen molar-refractivity contribution in [3.8, 4) is 0 Å². The van der Waals surface area contributed by atoms with E-state index in [1.807, 2.05) is 31.2 Å². The first-order valence-corrected chi connectivity index (χ1v) is 8.02. The average molecular weight is 351 g/mol. The van der Waals surface area contributed by atoms with Crippen molar-refractivity contribution >= 4 is 28.9 Å². The van der Waals surface area contributed by atoms with Crippen LogP contribution in [0.15, 0.2) is 54.6 Å². The maximum atomic E-state index is 13.5. The Morgan fingerprint density at radius 1 is 0.885 bits per heavy atom. The molecule has 132 valence electrons. The number of hydrogen-bond acceptors (Lipinski definition) is 4. The number of halogens is 1. The maximum Gasteiger partial charge on any atom is 0.323 e. The van der Waals surface area contributed by atoms with E-state index in [0.717, 1.165) is 11.4 Å². The van der Waals surface area contributed by atoms with Gasteiger partial charge in [0, 0.05) is 22.6 Å². The van der Waals surface area contributed by atoms with Crippen LogP contribution in [0.5, 0.6) is 0 Å². The maximum absolute atomic E-state index is 13.5. The summed E-state index contributed by atoms with van der Waals surface area (Å²) in [5.74, 6) is 0.271. The van der Waals surface area contributed by atoms with Crippen molar-refractivity contribution in [3.63, 3.8) is 0 Å². The molecular formula is C19H18FN5O. The molecule has 3 rings (SSSR count). The molecule has 0 saturated carbocycles. The number of rotatable bonds is 4. The Hall–Kier alpha value is -3.48. The van der Waals surface area contributed by atoms with E-state index < -0.39 is 6.03 Å². The van der Waals surface area contributed by atoms with Crippen molar-refractivity contribution < 1.29 is 9.18 Å². The molecule has 0 aliphatic heterocycles. The fourth-order valence-corrected chi connectivity index (χ4v) is 2.28. The minimum absolute atomic E-state index is 0.363. The SMILES string of the molecule is Cc1ccc(Nc2ccc(NC(=O)Nc3cccc(F)c3C)cc2)nn1.